The number of anilines is 2. The van der Waals surface area contributed by atoms with Crippen LogP contribution >= 0.6 is 0 Å². The number of ether oxygens (including phenoxy) is 1. The molecule has 1 saturated carbocycles. The molecule has 0 amide bonds. The highest BCUT2D eigenvalue weighted by atomic mass is 16.5. The normalized spacial score (nSPS) is 16.7. The number of pyridine rings is 1. The first kappa shape index (κ1) is 13.1. The standard InChI is InChI=1S/C14H23N3O/c1-11-10-17-14(9-13(11)15)16-7-8-18-12-5-3-2-4-6-12/h9-10,12H,2-8H2,1H3,(H3,15,16,17). The van der Waals surface area contributed by atoms with Gasteiger partial charge in [-0.15, -0.1) is 0 Å². The second kappa shape index (κ2) is 6.59. The highest BCUT2D eigenvalue weighted by Crippen LogP contribution is 2.20. The molecule has 0 atom stereocenters. The van der Waals surface area contributed by atoms with Crippen molar-refractivity contribution in [2.24, 2.45) is 0 Å². The molecule has 1 aromatic rings. The first-order valence-corrected chi connectivity index (χ1v) is 6.83. The van der Waals surface area contributed by atoms with Crippen LogP contribution in [0.3, 0.4) is 0 Å². The molecule has 2 rings (SSSR count). The third-order valence-corrected chi connectivity index (χ3v) is 3.46. The summed E-state index contributed by atoms with van der Waals surface area (Å²) >= 11 is 0. The summed E-state index contributed by atoms with van der Waals surface area (Å²) in [6, 6.07) is 1.87. The summed E-state index contributed by atoms with van der Waals surface area (Å²) in [4.78, 5) is 4.28. The van der Waals surface area contributed by atoms with Crippen molar-refractivity contribution in [1.82, 2.24) is 4.98 Å². The summed E-state index contributed by atoms with van der Waals surface area (Å²) in [6.07, 6.45) is 8.69. The topological polar surface area (TPSA) is 60.2 Å². The lowest BCUT2D eigenvalue weighted by Gasteiger charge is -2.22. The van der Waals surface area contributed by atoms with E-state index in [9.17, 15) is 0 Å². The summed E-state index contributed by atoms with van der Waals surface area (Å²) in [7, 11) is 0. The minimum atomic E-state index is 0.469. The number of aromatic nitrogens is 1. The fourth-order valence-electron chi connectivity index (χ4n) is 2.27. The molecule has 18 heavy (non-hydrogen) atoms. The van der Waals surface area contributed by atoms with Crippen LogP contribution in [0.4, 0.5) is 11.5 Å². The molecule has 1 fully saturated rings. The molecular weight excluding hydrogens is 226 g/mol. The van der Waals surface area contributed by atoms with Crippen LogP contribution in [0.1, 0.15) is 37.7 Å². The number of rotatable bonds is 5. The molecule has 0 unspecified atom stereocenters. The van der Waals surface area contributed by atoms with Crippen molar-refractivity contribution in [1.29, 1.82) is 0 Å². The van der Waals surface area contributed by atoms with Gasteiger partial charge in [0.2, 0.25) is 0 Å². The molecule has 3 N–H and O–H groups in total. The van der Waals surface area contributed by atoms with Gasteiger partial charge in [0.25, 0.3) is 0 Å². The number of hydrogen-bond acceptors (Lipinski definition) is 4. The Morgan fingerprint density at radius 3 is 2.89 bits per heavy atom. The average Bonchev–Trinajstić information content (AvgIpc) is 2.40. The van der Waals surface area contributed by atoms with Gasteiger partial charge in [-0.1, -0.05) is 19.3 Å². The first-order chi connectivity index (χ1) is 8.75. The van der Waals surface area contributed by atoms with Gasteiger partial charge in [0.05, 0.1) is 12.7 Å². The van der Waals surface area contributed by atoms with Crippen LogP contribution < -0.4 is 11.1 Å². The van der Waals surface area contributed by atoms with Crippen molar-refractivity contribution in [3.63, 3.8) is 0 Å². The van der Waals surface area contributed by atoms with Gasteiger partial charge in [-0.3, -0.25) is 0 Å². The monoisotopic (exact) mass is 249 g/mol. The van der Waals surface area contributed by atoms with Crippen molar-refractivity contribution in [3.05, 3.63) is 17.8 Å². The average molecular weight is 249 g/mol. The minimum absolute atomic E-state index is 0.469. The Bertz CT molecular complexity index is 375. The summed E-state index contributed by atoms with van der Waals surface area (Å²) in [5.74, 6) is 0.824. The number of nitrogens with zero attached hydrogens (tertiary/aromatic N) is 1. The van der Waals surface area contributed by atoms with Crippen molar-refractivity contribution in [2.45, 2.75) is 45.1 Å². The quantitative estimate of drug-likeness (QED) is 0.788. The molecular formula is C14H23N3O. The Hall–Kier alpha value is -1.29. The molecule has 0 bridgehead atoms. The highest BCUT2D eigenvalue weighted by Gasteiger charge is 2.12. The Morgan fingerprint density at radius 2 is 2.17 bits per heavy atom. The molecule has 1 aliphatic rings. The SMILES string of the molecule is Cc1cnc(NCCOC2CCCCC2)cc1N. The van der Waals surface area contributed by atoms with Gasteiger partial charge in [0.1, 0.15) is 5.82 Å². The van der Waals surface area contributed by atoms with Crippen LogP contribution in [0.25, 0.3) is 0 Å². The zero-order chi connectivity index (χ0) is 12.8. The van der Waals surface area contributed by atoms with E-state index in [1.807, 2.05) is 13.0 Å². The predicted octanol–water partition coefficient (Wildman–Crippen LogP) is 2.73. The number of nitrogens with one attached hydrogen (secondary N) is 1. The van der Waals surface area contributed by atoms with E-state index in [0.717, 1.165) is 30.2 Å². The Kier molecular flexibility index (Phi) is 4.81. The second-order valence-electron chi connectivity index (χ2n) is 4.98. The van der Waals surface area contributed by atoms with Crippen molar-refractivity contribution in [3.8, 4) is 0 Å². The third kappa shape index (κ3) is 3.88. The van der Waals surface area contributed by atoms with Gasteiger partial charge in [-0.05, 0) is 25.3 Å². The summed E-state index contributed by atoms with van der Waals surface area (Å²) in [6.45, 7) is 3.48. The maximum absolute atomic E-state index is 5.84. The zero-order valence-electron chi connectivity index (χ0n) is 11.1. The largest absolute Gasteiger partial charge is 0.398 e. The maximum atomic E-state index is 5.84. The zero-order valence-corrected chi connectivity index (χ0v) is 11.1. The molecule has 0 radical (unpaired) electrons. The minimum Gasteiger partial charge on any atom is -0.398 e. The van der Waals surface area contributed by atoms with Crippen LogP contribution in [-0.2, 0) is 4.74 Å². The van der Waals surface area contributed by atoms with Crippen LogP contribution in [0.15, 0.2) is 12.3 Å². The van der Waals surface area contributed by atoms with E-state index in [-0.39, 0.29) is 0 Å². The van der Waals surface area contributed by atoms with Crippen LogP contribution in [-0.4, -0.2) is 24.2 Å². The first-order valence-electron chi connectivity index (χ1n) is 6.83. The van der Waals surface area contributed by atoms with E-state index >= 15 is 0 Å². The fourth-order valence-corrected chi connectivity index (χ4v) is 2.27. The summed E-state index contributed by atoms with van der Waals surface area (Å²) < 4.78 is 5.84. The third-order valence-electron chi connectivity index (χ3n) is 3.46. The van der Waals surface area contributed by atoms with E-state index in [0.29, 0.717) is 6.10 Å². The van der Waals surface area contributed by atoms with Crippen LogP contribution in [0.2, 0.25) is 0 Å². The fraction of sp³-hybridized carbons (Fsp3) is 0.643. The summed E-state index contributed by atoms with van der Waals surface area (Å²) in [5, 5.41) is 3.24. The van der Waals surface area contributed by atoms with Gasteiger partial charge >= 0.3 is 0 Å². The maximum Gasteiger partial charge on any atom is 0.128 e. The second-order valence-corrected chi connectivity index (χ2v) is 4.98. The molecule has 100 valence electrons. The predicted molar refractivity (Wildman–Crippen MR) is 74.7 cm³/mol. The van der Waals surface area contributed by atoms with Crippen LogP contribution in [0, 0.1) is 6.92 Å². The van der Waals surface area contributed by atoms with Gasteiger partial charge in [0.15, 0.2) is 0 Å². The Labute approximate surface area is 109 Å². The van der Waals surface area contributed by atoms with Crippen molar-refractivity contribution in [2.75, 3.05) is 24.2 Å². The molecule has 1 heterocycles. The molecule has 0 aliphatic heterocycles. The number of aryl methyl sites for hydroxylation is 1. The molecule has 0 aromatic carbocycles. The number of nitrogens with two attached hydrogens (primary N) is 1. The lowest BCUT2D eigenvalue weighted by molar-refractivity contribution is 0.0347. The lowest BCUT2D eigenvalue weighted by Crippen LogP contribution is -2.20. The molecule has 0 saturated heterocycles. The number of nitrogen functional groups attached to an aromatic ring is 1. The van der Waals surface area contributed by atoms with E-state index in [1.165, 1.54) is 32.1 Å². The smallest absolute Gasteiger partial charge is 0.128 e. The van der Waals surface area contributed by atoms with Crippen LogP contribution in [0.5, 0.6) is 0 Å². The molecule has 4 nitrogen and oxygen atoms in total. The van der Waals surface area contributed by atoms with Gasteiger partial charge in [-0.25, -0.2) is 4.98 Å². The van der Waals surface area contributed by atoms with Crippen molar-refractivity contribution < 1.29 is 4.74 Å². The van der Waals surface area contributed by atoms with E-state index in [2.05, 4.69) is 10.3 Å². The van der Waals surface area contributed by atoms with E-state index in [4.69, 9.17) is 10.5 Å². The Balaban J connectivity index is 1.66. The van der Waals surface area contributed by atoms with Gasteiger partial charge in [0, 0.05) is 24.5 Å². The van der Waals surface area contributed by atoms with Gasteiger partial charge in [-0.2, -0.15) is 0 Å². The van der Waals surface area contributed by atoms with Gasteiger partial charge < -0.3 is 15.8 Å². The van der Waals surface area contributed by atoms with Crippen molar-refractivity contribution >= 4 is 11.5 Å². The molecule has 0 spiro atoms. The van der Waals surface area contributed by atoms with E-state index in [1.54, 1.807) is 6.20 Å². The number of hydrogen-bond donors (Lipinski definition) is 2. The van der Waals surface area contributed by atoms with E-state index < -0.39 is 0 Å². The molecule has 4 heteroatoms. The highest BCUT2D eigenvalue weighted by molar-refractivity contribution is 5.53. The molecule has 1 aliphatic carbocycles. The Morgan fingerprint density at radius 1 is 1.39 bits per heavy atom. The summed E-state index contributed by atoms with van der Waals surface area (Å²) in [5.41, 5.74) is 7.62. The molecule has 1 aromatic heterocycles. The lowest BCUT2D eigenvalue weighted by atomic mass is 9.98.